The lowest BCUT2D eigenvalue weighted by Gasteiger charge is -2.20. The summed E-state index contributed by atoms with van der Waals surface area (Å²) in [4.78, 5) is 22.3. The molecule has 1 heterocycles. The van der Waals surface area contributed by atoms with Gasteiger partial charge in [-0.2, -0.15) is 0 Å². The summed E-state index contributed by atoms with van der Waals surface area (Å²) < 4.78 is 5.34. The normalized spacial score (nSPS) is 12.2. The number of hydrogen-bond donors (Lipinski definition) is 1. The second-order valence-electron chi connectivity index (χ2n) is 7.88. The zero-order valence-corrected chi connectivity index (χ0v) is 17.6. The van der Waals surface area contributed by atoms with E-state index >= 15 is 0 Å². The number of fused-ring (bicyclic) bond motifs is 4. The molecule has 4 aromatic rings. The highest BCUT2D eigenvalue weighted by Crippen LogP contribution is 2.34. The minimum absolute atomic E-state index is 0.0893. The molecule has 1 aliphatic rings. The molecule has 1 N–H and O–H groups in total. The molecule has 0 bridgehead atoms. The number of anilines is 1. The van der Waals surface area contributed by atoms with Gasteiger partial charge in [-0.3, -0.25) is 4.79 Å². The lowest BCUT2D eigenvalue weighted by atomic mass is 9.91. The van der Waals surface area contributed by atoms with Gasteiger partial charge in [-0.15, -0.1) is 0 Å². The van der Waals surface area contributed by atoms with Crippen LogP contribution in [0.15, 0.2) is 60.7 Å². The number of amides is 1. The third kappa shape index (κ3) is 3.75. The second-order valence-corrected chi connectivity index (χ2v) is 7.88. The zero-order valence-electron chi connectivity index (χ0n) is 17.6. The maximum atomic E-state index is 12.7. The van der Waals surface area contributed by atoms with Gasteiger partial charge in [0.1, 0.15) is 5.75 Å². The topological polar surface area (TPSA) is 64.1 Å². The molecule has 0 aliphatic heterocycles. The molecule has 154 valence electrons. The Hall–Kier alpha value is -3.73. The van der Waals surface area contributed by atoms with E-state index in [2.05, 4.69) is 29.6 Å². The van der Waals surface area contributed by atoms with Crippen LogP contribution in [0, 0.1) is 6.92 Å². The molecule has 0 saturated carbocycles. The van der Waals surface area contributed by atoms with Crippen LogP contribution in [0.5, 0.6) is 5.75 Å². The number of rotatable bonds is 4. The Kier molecular flexibility index (Phi) is 4.86. The van der Waals surface area contributed by atoms with E-state index in [4.69, 9.17) is 14.7 Å². The zero-order chi connectivity index (χ0) is 21.4. The van der Waals surface area contributed by atoms with Crippen molar-refractivity contribution in [1.82, 2.24) is 9.97 Å². The number of benzene rings is 3. The van der Waals surface area contributed by atoms with Gasteiger partial charge >= 0.3 is 0 Å². The molecule has 5 nitrogen and oxygen atoms in total. The number of methoxy groups -OCH3 is 1. The van der Waals surface area contributed by atoms with E-state index in [9.17, 15) is 4.79 Å². The third-order valence-electron chi connectivity index (χ3n) is 5.78. The van der Waals surface area contributed by atoms with Gasteiger partial charge in [0.05, 0.1) is 30.6 Å². The molecular weight excluding hydrogens is 386 g/mol. The van der Waals surface area contributed by atoms with Crippen molar-refractivity contribution in [2.24, 2.45) is 0 Å². The lowest BCUT2D eigenvalue weighted by Crippen LogP contribution is -2.19. The summed E-state index contributed by atoms with van der Waals surface area (Å²) in [7, 11) is 1.68. The summed E-state index contributed by atoms with van der Waals surface area (Å²) in [6.45, 7) is 1.89. The van der Waals surface area contributed by atoms with E-state index in [0.717, 1.165) is 46.5 Å². The Morgan fingerprint density at radius 2 is 1.84 bits per heavy atom. The number of hydrogen-bond acceptors (Lipinski definition) is 4. The molecule has 0 unspecified atom stereocenters. The quantitative estimate of drug-likeness (QED) is 0.521. The molecule has 1 aliphatic carbocycles. The summed E-state index contributed by atoms with van der Waals surface area (Å²) in [6, 6.07) is 20.3. The number of ether oxygens (including phenoxy) is 1. The molecule has 31 heavy (non-hydrogen) atoms. The Morgan fingerprint density at radius 3 is 2.68 bits per heavy atom. The molecule has 3 aromatic carbocycles. The van der Waals surface area contributed by atoms with Crippen LogP contribution in [0.1, 0.15) is 22.5 Å². The van der Waals surface area contributed by atoms with E-state index in [1.54, 1.807) is 7.11 Å². The van der Waals surface area contributed by atoms with Crippen LogP contribution >= 0.6 is 0 Å². The number of aromatic nitrogens is 2. The smallest absolute Gasteiger partial charge is 0.229 e. The van der Waals surface area contributed by atoms with Gasteiger partial charge in [0.15, 0.2) is 5.82 Å². The Bertz CT molecular complexity index is 1310. The number of nitrogens with one attached hydrogen (secondary N) is 1. The standard InChI is InChI=1S/C26H23N3O2/c1-16-26(29-24(30)14-17-7-8-18-5-3-4-6-19(18)13-17)28-23-12-9-20-15-21(31-2)10-11-22(20)25(23)27-16/h3-8,10-11,13,15H,9,12,14H2,1-2H3,(H,28,29,30). The van der Waals surface area contributed by atoms with E-state index in [0.29, 0.717) is 17.9 Å². The highest BCUT2D eigenvalue weighted by Gasteiger charge is 2.21. The fourth-order valence-corrected chi connectivity index (χ4v) is 4.16. The summed E-state index contributed by atoms with van der Waals surface area (Å²) >= 11 is 0. The second kappa shape index (κ2) is 7.84. The van der Waals surface area contributed by atoms with Crippen molar-refractivity contribution in [2.75, 3.05) is 12.4 Å². The van der Waals surface area contributed by atoms with Crippen molar-refractivity contribution >= 4 is 22.5 Å². The first kappa shape index (κ1) is 19.2. The molecule has 1 amide bonds. The van der Waals surface area contributed by atoms with Gasteiger partial charge in [-0.1, -0.05) is 42.5 Å². The van der Waals surface area contributed by atoms with Gasteiger partial charge < -0.3 is 10.1 Å². The number of carbonyl (C=O) groups is 1. The molecule has 5 heteroatoms. The van der Waals surface area contributed by atoms with E-state index in [1.165, 1.54) is 10.9 Å². The first-order chi connectivity index (χ1) is 15.1. The summed E-state index contributed by atoms with van der Waals surface area (Å²) in [5, 5.41) is 5.27. The van der Waals surface area contributed by atoms with E-state index < -0.39 is 0 Å². The minimum Gasteiger partial charge on any atom is -0.497 e. The maximum absolute atomic E-state index is 12.7. The van der Waals surface area contributed by atoms with Gasteiger partial charge in [0, 0.05) is 5.56 Å². The summed E-state index contributed by atoms with van der Waals surface area (Å²) in [6.07, 6.45) is 1.96. The minimum atomic E-state index is -0.0893. The van der Waals surface area contributed by atoms with Crippen LogP contribution < -0.4 is 10.1 Å². The predicted molar refractivity (Wildman–Crippen MR) is 122 cm³/mol. The fraction of sp³-hybridized carbons (Fsp3) is 0.192. The third-order valence-corrected chi connectivity index (χ3v) is 5.78. The molecule has 0 atom stereocenters. The Balaban J connectivity index is 1.38. The van der Waals surface area contributed by atoms with Gasteiger partial charge in [-0.05, 0) is 59.9 Å². The molecule has 0 radical (unpaired) electrons. The maximum Gasteiger partial charge on any atom is 0.229 e. The van der Waals surface area contributed by atoms with Gasteiger partial charge in [0.25, 0.3) is 0 Å². The number of aryl methyl sites for hydroxylation is 3. The number of carbonyl (C=O) groups excluding carboxylic acids is 1. The average Bonchev–Trinajstić information content (AvgIpc) is 2.79. The van der Waals surface area contributed by atoms with E-state index in [-0.39, 0.29) is 5.91 Å². The van der Waals surface area contributed by atoms with Gasteiger partial charge in [-0.25, -0.2) is 9.97 Å². The molecule has 1 aromatic heterocycles. The molecule has 0 spiro atoms. The monoisotopic (exact) mass is 409 g/mol. The summed E-state index contributed by atoms with van der Waals surface area (Å²) in [5.41, 5.74) is 5.82. The largest absolute Gasteiger partial charge is 0.497 e. The molecule has 0 fully saturated rings. The van der Waals surface area contributed by atoms with Crippen LogP contribution in [-0.4, -0.2) is 23.0 Å². The van der Waals surface area contributed by atoms with E-state index in [1.807, 2.05) is 43.3 Å². The van der Waals surface area contributed by atoms with Crippen molar-refractivity contribution in [2.45, 2.75) is 26.2 Å². The van der Waals surface area contributed by atoms with Crippen LogP contribution in [0.25, 0.3) is 22.0 Å². The van der Waals surface area contributed by atoms with Crippen LogP contribution in [0.2, 0.25) is 0 Å². The molecular formula is C26H23N3O2. The van der Waals surface area contributed by atoms with Crippen LogP contribution in [0.3, 0.4) is 0 Å². The highest BCUT2D eigenvalue weighted by atomic mass is 16.5. The van der Waals surface area contributed by atoms with Crippen molar-refractivity contribution in [3.63, 3.8) is 0 Å². The van der Waals surface area contributed by atoms with Crippen LogP contribution in [0.4, 0.5) is 5.82 Å². The molecule has 5 rings (SSSR count). The highest BCUT2D eigenvalue weighted by molar-refractivity contribution is 5.93. The van der Waals surface area contributed by atoms with Crippen molar-refractivity contribution < 1.29 is 9.53 Å². The van der Waals surface area contributed by atoms with Gasteiger partial charge in [0.2, 0.25) is 5.91 Å². The first-order valence-corrected chi connectivity index (χ1v) is 10.4. The first-order valence-electron chi connectivity index (χ1n) is 10.4. The van der Waals surface area contributed by atoms with Crippen molar-refractivity contribution in [3.8, 4) is 17.0 Å². The summed E-state index contributed by atoms with van der Waals surface area (Å²) in [5.74, 6) is 1.31. The Morgan fingerprint density at radius 1 is 1.00 bits per heavy atom. The number of nitrogens with zero attached hydrogens (tertiary/aromatic N) is 2. The lowest BCUT2D eigenvalue weighted by molar-refractivity contribution is -0.115. The SMILES string of the molecule is COc1ccc2c(c1)CCc1nc(NC(=O)Cc3ccc4ccccc4c3)c(C)nc1-2. The van der Waals surface area contributed by atoms with Crippen molar-refractivity contribution in [1.29, 1.82) is 0 Å². The van der Waals surface area contributed by atoms with Crippen molar-refractivity contribution in [3.05, 3.63) is 83.2 Å². The Labute approximate surface area is 181 Å². The molecule has 0 saturated heterocycles. The fourth-order valence-electron chi connectivity index (χ4n) is 4.16. The van der Waals surface area contributed by atoms with Crippen LogP contribution in [-0.2, 0) is 24.1 Å². The predicted octanol–water partition coefficient (Wildman–Crippen LogP) is 4.89. The average molecular weight is 409 g/mol.